The Hall–Kier alpha value is -2.40. The molecule has 2 amide bonds. The van der Waals surface area contributed by atoms with Crippen molar-refractivity contribution in [2.75, 3.05) is 43.5 Å². The standard InChI is InChI=1S/C22H25N3O5S2/c1-16-2-4-17(5-3-16)13-23-21(26)14-25-19-12-18(6-7-20(19)31-15-22(25)27)32(28,29)24-8-10-30-11-9-24/h2-7,12H,8-11,13-15H2,1H3,(H,23,26). The summed E-state index contributed by atoms with van der Waals surface area (Å²) in [7, 11) is -3.71. The lowest BCUT2D eigenvalue weighted by Crippen LogP contribution is -2.43. The number of nitrogens with zero attached hydrogens (tertiary/aromatic N) is 2. The quantitative estimate of drug-likeness (QED) is 0.684. The molecule has 0 unspecified atom stereocenters. The molecule has 1 saturated heterocycles. The number of anilines is 1. The lowest BCUT2D eigenvalue weighted by Gasteiger charge is -2.30. The molecule has 0 aromatic heterocycles. The second-order valence-electron chi connectivity index (χ2n) is 7.68. The maximum atomic E-state index is 13.0. The summed E-state index contributed by atoms with van der Waals surface area (Å²) in [6.07, 6.45) is 0. The second kappa shape index (κ2) is 9.62. The van der Waals surface area contributed by atoms with Gasteiger partial charge in [-0.15, -0.1) is 11.8 Å². The molecule has 1 fully saturated rings. The van der Waals surface area contributed by atoms with Crippen molar-refractivity contribution in [1.29, 1.82) is 0 Å². The number of ether oxygens (including phenoxy) is 1. The summed E-state index contributed by atoms with van der Waals surface area (Å²) in [4.78, 5) is 27.5. The van der Waals surface area contributed by atoms with Gasteiger partial charge in [-0.25, -0.2) is 8.42 Å². The number of morpholine rings is 1. The average molecular weight is 476 g/mol. The molecule has 0 radical (unpaired) electrons. The lowest BCUT2D eigenvalue weighted by molar-refractivity contribution is -0.123. The van der Waals surface area contributed by atoms with Crippen LogP contribution in [-0.2, 0) is 30.9 Å². The summed E-state index contributed by atoms with van der Waals surface area (Å²) in [6, 6.07) is 12.6. The highest BCUT2D eigenvalue weighted by Gasteiger charge is 2.31. The van der Waals surface area contributed by atoms with Crippen LogP contribution in [0.2, 0.25) is 0 Å². The van der Waals surface area contributed by atoms with Gasteiger partial charge >= 0.3 is 0 Å². The first-order valence-corrected chi connectivity index (χ1v) is 12.7. The van der Waals surface area contributed by atoms with E-state index in [1.807, 2.05) is 31.2 Å². The highest BCUT2D eigenvalue weighted by molar-refractivity contribution is 8.00. The van der Waals surface area contributed by atoms with Crippen LogP contribution in [0.5, 0.6) is 0 Å². The van der Waals surface area contributed by atoms with E-state index in [4.69, 9.17) is 4.74 Å². The van der Waals surface area contributed by atoms with E-state index in [1.165, 1.54) is 27.0 Å². The zero-order valence-electron chi connectivity index (χ0n) is 17.7. The van der Waals surface area contributed by atoms with Gasteiger partial charge in [-0.2, -0.15) is 4.31 Å². The number of aryl methyl sites for hydroxylation is 1. The van der Waals surface area contributed by atoms with Crippen LogP contribution >= 0.6 is 11.8 Å². The Morgan fingerprint density at radius 2 is 1.84 bits per heavy atom. The van der Waals surface area contributed by atoms with E-state index in [2.05, 4.69) is 5.32 Å². The normalized spacial score (nSPS) is 17.2. The van der Waals surface area contributed by atoms with Gasteiger partial charge in [0.05, 0.1) is 29.5 Å². The van der Waals surface area contributed by atoms with Crippen molar-refractivity contribution in [1.82, 2.24) is 9.62 Å². The van der Waals surface area contributed by atoms with Crippen LogP contribution in [0.15, 0.2) is 52.3 Å². The maximum Gasteiger partial charge on any atom is 0.243 e. The fourth-order valence-corrected chi connectivity index (χ4v) is 5.90. The lowest BCUT2D eigenvalue weighted by atomic mass is 10.1. The fourth-order valence-electron chi connectivity index (χ4n) is 3.56. The van der Waals surface area contributed by atoms with Crippen LogP contribution in [0.25, 0.3) is 0 Å². The molecule has 2 aromatic carbocycles. The summed E-state index contributed by atoms with van der Waals surface area (Å²) in [5.41, 5.74) is 2.55. The van der Waals surface area contributed by atoms with Gasteiger partial charge in [-0.1, -0.05) is 29.8 Å². The van der Waals surface area contributed by atoms with Gasteiger partial charge < -0.3 is 15.0 Å². The molecule has 8 nitrogen and oxygen atoms in total. The number of amides is 2. The molecule has 0 bridgehead atoms. The molecule has 170 valence electrons. The Morgan fingerprint density at radius 3 is 2.56 bits per heavy atom. The number of hydrogen-bond donors (Lipinski definition) is 1. The molecule has 0 saturated carbocycles. The Kier molecular flexibility index (Phi) is 6.85. The van der Waals surface area contributed by atoms with E-state index < -0.39 is 10.0 Å². The fraction of sp³-hybridized carbons (Fsp3) is 0.364. The number of fused-ring (bicyclic) bond motifs is 1. The van der Waals surface area contributed by atoms with E-state index >= 15 is 0 Å². The van der Waals surface area contributed by atoms with Gasteiger partial charge in [0.15, 0.2) is 0 Å². The number of rotatable bonds is 6. The minimum atomic E-state index is -3.71. The maximum absolute atomic E-state index is 13.0. The number of sulfonamides is 1. The van der Waals surface area contributed by atoms with Crippen LogP contribution in [0, 0.1) is 6.92 Å². The summed E-state index contributed by atoms with van der Waals surface area (Å²) in [5, 5.41) is 2.83. The zero-order valence-corrected chi connectivity index (χ0v) is 19.4. The van der Waals surface area contributed by atoms with Crippen molar-refractivity contribution in [3.8, 4) is 0 Å². The molecule has 0 aliphatic carbocycles. The monoisotopic (exact) mass is 475 g/mol. The molecule has 2 aliphatic rings. The summed E-state index contributed by atoms with van der Waals surface area (Å²) in [6.45, 7) is 3.47. The van der Waals surface area contributed by atoms with Crippen LogP contribution in [0.3, 0.4) is 0 Å². The van der Waals surface area contributed by atoms with Crippen molar-refractivity contribution in [3.63, 3.8) is 0 Å². The smallest absolute Gasteiger partial charge is 0.243 e. The Labute approximate surface area is 192 Å². The van der Waals surface area contributed by atoms with E-state index in [1.54, 1.807) is 12.1 Å². The van der Waals surface area contributed by atoms with E-state index in [0.29, 0.717) is 25.4 Å². The first-order chi connectivity index (χ1) is 15.3. The third-order valence-electron chi connectivity index (χ3n) is 5.39. The number of carbonyl (C=O) groups is 2. The first kappa shape index (κ1) is 22.8. The number of nitrogens with one attached hydrogen (secondary N) is 1. The predicted octanol–water partition coefficient (Wildman–Crippen LogP) is 1.77. The van der Waals surface area contributed by atoms with E-state index in [9.17, 15) is 18.0 Å². The van der Waals surface area contributed by atoms with Gasteiger partial charge in [-0.3, -0.25) is 9.59 Å². The van der Waals surface area contributed by atoms with Crippen LogP contribution in [-0.4, -0.2) is 63.1 Å². The van der Waals surface area contributed by atoms with Crippen LogP contribution < -0.4 is 10.2 Å². The Morgan fingerprint density at radius 1 is 1.12 bits per heavy atom. The molecule has 2 aliphatic heterocycles. The highest BCUT2D eigenvalue weighted by atomic mass is 32.2. The minimum Gasteiger partial charge on any atom is -0.379 e. The molecule has 0 spiro atoms. The van der Waals surface area contributed by atoms with Crippen molar-refractivity contribution in [2.45, 2.75) is 23.3 Å². The largest absolute Gasteiger partial charge is 0.379 e. The van der Waals surface area contributed by atoms with Crippen molar-refractivity contribution >= 4 is 39.3 Å². The molecular formula is C22H25N3O5S2. The van der Waals surface area contributed by atoms with E-state index in [0.717, 1.165) is 16.0 Å². The predicted molar refractivity (Wildman–Crippen MR) is 122 cm³/mol. The Bertz CT molecular complexity index is 1110. The number of hydrogen-bond acceptors (Lipinski definition) is 6. The zero-order chi connectivity index (χ0) is 22.7. The van der Waals surface area contributed by atoms with Crippen LogP contribution in [0.4, 0.5) is 5.69 Å². The van der Waals surface area contributed by atoms with Gasteiger partial charge in [0.25, 0.3) is 0 Å². The average Bonchev–Trinajstić information content (AvgIpc) is 2.81. The topological polar surface area (TPSA) is 96.0 Å². The van der Waals surface area contributed by atoms with Crippen LogP contribution in [0.1, 0.15) is 11.1 Å². The minimum absolute atomic E-state index is 0.110. The molecule has 1 N–H and O–H groups in total. The summed E-state index contributed by atoms with van der Waals surface area (Å²) in [5.74, 6) is -0.333. The molecule has 2 aromatic rings. The second-order valence-corrected chi connectivity index (χ2v) is 10.6. The third kappa shape index (κ3) is 4.98. The number of benzene rings is 2. The van der Waals surface area contributed by atoms with Gasteiger partial charge in [0.1, 0.15) is 6.54 Å². The van der Waals surface area contributed by atoms with Gasteiger partial charge in [0.2, 0.25) is 21.8 Å². The van der Waals surface area contributed by atoms with E-state index in [-0.39, 0.29) is 42.1 Å². The molecule has 2 heterocycles. The van der Waals surface area contributed by atoms with Crippen molar-refractivity contribution in [2.24, 2.45) is 0 Å². The highest BCUT2D eigenvalue weighted by Crippen LogP contribution is 2.37. The molecule has 10 heteroatoms. The molecular weight excluding hydrogens is 450 g/mol. The SMILES string of the molecule is Cc1ccc(CNC(=O)CN2C(=O)CSc3ccc(S(=O)(=O)N4CCOCC4)cc32)cc1. The number of carbonyl (C=O) groups excluding carboxylic acids is 2. The molecule has 32 heavy (non-hydrogen) atoms. The van der Waals surface area contributed by atoms with Gasteiger partial charge in [0, 0.05) is 24.5 Å². The summed E-state index contributed by atoms with van der Waals surface area (Å²) >= 11 is 1.34. The molecule has 4 rings (SSSR count). The van der Waals surface area contributed by atoms with Gasteiger partial charge in [-0.05, 0) is 30.7 Å². The molecule has 0 atom stereocenters. The first-order valence-electron chi connectivity index (χ1n) is 10.3. The Balaban J connectivity index is 1.51. The summed E-state index contributed by atoms with van der Waals surface area (Å²) < 4.78 is 32.7. The number of thioether (sulfide) groups is 1. The third-order valence-corrected chi connectivity index (χ3v) is 8.34. The van der Waals surface area contributed by atoms with Crippen molar-refractivity contribution < 1.29 is 22.7 Å². The van der Waals surface area contributed by atoms with Crippen molar-refractivity contribution in [3.05, 3.63) is 53.6 Å².